The molecule has 5 nitrogen and oxygen atoms in total. The second kappa shape index (κ2) is 8.87. The van der Waals surface area contributed by atoms with E-state index in [2.05, 4.69) is 6.92 Å². The van der Waals surface area contributed by atoms with Crippen LogP contribution in [0.25, 0.3) is 10.9 Å². The lowest BCUT2D eigenvalue weighted by molar-refractivity contribution is 0.442. The van der Waals surface area contributed by atoms with Crippen molar-refractivity contribution in [3.63, 3.8) is 0 Å². The third-order valence-corrected chi connectivity index (χ3v) is 7.95. The zero-order valence-corrected chi connectivity index (χ0v) is 19.7. The Bertz CT molecular complexity index is 1340. The average Bonchev–Trinajstić information content (AvgIpc) is 2.75. The fourth-order valence-corrected chi connectivity index (χ4v) is 6.07. The molecule has 0 aliphatic carbocycles. The molecule has 0 saturated carbocycles. The maximum Gasteiger partial charge on any atom is 0.211 e. The van der Waals surface area contributed by atoms with Gasteiger partial charge in [0, 0.05) is 30.9 Å². The molecule has 1 aromatic heterocycles. The molecule has 1 atom stereocenters. The highest BCUT2D eigenvalue weighted by Gasteiger charge is 2.26. The zero-order valence-electron chi connectivity index (χ0n) is 18.1. The number of sulfone groups is 1. The smallest absolute Gasteiger partial charge is 0.211 e. The Labute approximate surface area is 192 Å². The molecule has 0 spiro atoms. The first kappa shape index (κ1) is 22.8. The second-order valence-electron chi connectivity index (χ2n) is 8.49. The second-order valence-corrected chi connectivity index (χ2v) is 10.8. The molecule has 32 heavy (non-hydrogen) atoms. The number of halogens is 2. The van der Waals surface area contributed by atoms with E-state index in [1.807, 2.05) is 11.8 Å². The van der Waals surface area contributed by atoms with E-state index in [1.54, 1.807) is 16.7 Å². The first-order valence-electron chi connectivity index (χ1n) is 10.8. The van der Waals surface area contributed by atoms with Crippen molar-refractivity contribution in [2.45, 2.75) is 49.4 Å². The van der Waals surface area contributed by atoms with Crippen molar-refractivity contribution in [1.82, 2.24) is 4.57 Å². The normalized spacial score (nSPS) is 17.1. The molecular formula is C24H26ClFN2O3S. The highest BCUT2D eigenvalue weighted by Crippen LogP contribution is 2.30. The van der Waals surface area contributed by atoms with Gasteiger partial charge in [0.05, 0.1) is 21.5 Å². The van der Waals surface area contributed by atoms with Crippen LogP contribution in [-0.4, -0.2) is 26.1 Å². The topological polar surface area (TPSA) is 59.4 Å². The van der Waals surface area contributed by atoms with Crippen molar-refractivity contribution >= 4 is 38.0 Å². The quantitative estimate of drug-likeness (QED) is 0.503. The van der Waals surface area contributed by atoms with Crippen molar-refractivity contribution < 1.29 is 12.8 Å². The predicted octanol–water partition coefficient (Wildman–Crippen LogP) is 5.27. The molecule has 1 unspecified atom stereocenters. The molecule has 0 bridgehead atoms. The number of fused-ring (bicyclic) bond motifs is 1. The zero-order chi connectivity index (χ0) is 23.0. The number of aryl methyl sites for hydroxylation is 1. The van der Waals surface area contributed by atoms with Crippen LogP contribution in [-0.2, 0) is 16.4 Å². The maximum atomic E-state index is 15.2. The summed E-state index contributed by atoms with van der Waals surface area (Å²) in [6, 6.07) is 8.67. The fraction of sp³-hybridized carbons (Fsp3) is 0.375. The summed E-state index contributed by atoms with van der Waals surface area (Å²) in [5.41, 5.74) is 0.292. The van der Waals surface area contributed by atoms with Gasteiger partial charge in [0.25, 0.3) is 0 Å². The predicted molar refractivity (Wildman–Crippen MR) is 126 cm³/mol. The van der Waals surface area contributed by atoms with E-state index in [0.29, 0.717) is 23.7 Å². The SMILES string of the molecule is CCCn1cc(S(=O)(=O)c2cccc(Cl)c2)c(=O)c2cc(F)c(N3CCCC(C)C3)cc21. The maximum absolute atomic E-state index is 15.2. The summed E-state index contributed by atoms with van der Waals surface area (Å²) in [6.45, 7) is 6.11. The summed E-state index contributed by atoms with van der Waals surface area (Å²) in [7, 11) is -4.13. The monoisotopic (exact) mass is 476 g/mol. The number of hydrogen-bond acceptors (Lipinski definition) is 4. The Morgan fingerprint density at radius 1 is 1.22 bits per heavy atom. The van der Waals surface area contributed by atoms with Crippen LogP contribution in [0.4, 0.5) is 10.1 Å². The molecule has 2 aromatic carbocycles. The number of nitrogens with zero attached hydrogens (tertiary/aromatic N) is 2. The lowest BCUT2D eigenvalue weighted by Crippen LogP contribution is -2.35. The molecule has 0 N–H and O–H groups in total. The minimum absolute atomic E-state index is 0.0628. The summed E-state index contributed by atoms with van der Waals surface area (Å²) in [6.07, 6.45) is 4.20. The van der Waals surface area contributed by atoms with Gasteiger partial charge in [-0.25, -0.2) is 12.8 Å². The number of hydrogen-bond donors (Lipinski definition) is 0. The molecule has 1 aliphatic heterocycles. The molecule has 8 heteroatoms. The highest BCUT2D eigenvalue weighted by atomic mass is 35.5. The highest BCUT2D eigenvalue weighted by molar-refractivity contribution is 7.91. The Balaban J connectivity index is 1.93. The van der Waals surface area contributed by atoms with Crippen molar-refractivity contribution in [1.29, 1.82) is 0 Å². The molecular weight excluding hydrogens is 451 g/mol. The summed E-state index contributed by atoms with van der Waals surface area (Å²) in [5, 5.41) is 0.319. The molecule has 0 radical (unpaired) electrons. The van der Waals surface area contributed by atoms with E-state index >= 15 is 4.39 Å². The summed E-state index contributed by atoms with van der Waals surface area (Å²) in [4.78, 5) is 14.8. The van der Waals surface area contributed by atoms with Gasteiger partial charge in [-0.15, -0.1) is 0 Å². The standard InChI is InChI=1S/C24H26ClFN2O3S/c1-3-9-27-15-23(32(30,31)18-8-4-7-17(25)11-18)24(29)19-12-20(26)22(13-21(19)27)28-10-5-6-16(2)14-28/h4,7-8,11-13,15-16H,3,5-6,9-10,14H2,1-2H3. The molecule has 4 rings (SSSR count). The van der Waals surface area contributed by atoms with Crippen LogP contribution in [0.5, 0.6) is 0 Å². The Kier molecular flexibility index (Phi) is 6.32. The van der Waals surface area contributed by atoms with Crippen LogP contribution in [0.15, 0.2) is 57.2 Å². The third-order valence-electron chi connectivity index (χ3n) is 5.97. The van der Waals surface area contributed by atoms with Crippen molar-refractivity contribution in [3.05, 3.63) is 63.7 Å². The largest absolute Gasteiger partial charge is 0.369 e. The van der Waals surface area contributed by atoms with Crippen LogP contribution in [0.2, 0.25) is 5.02 Å². The van der Waals surface area contributed by atoms with Gasteiger partial charge in [-0.2, -0.15) is 0 Å². The Morgan fingerprint density at radius 3 is 2.69 bits per heavy atom. The summed E-state index contributed by atoms with van der Waals surface area (Å²) < 4.78 is 43.5. The molecule has 2 heterocycles. The molecule has 0 amide bonds. The van der Waals surface area contributed by atoms with Gasteiger partial charge in [-0.3, -0.25) is 4.79 Å². The molecule has 1 aliphatic rings. The number of aromatic nitrogens is 1. The van der Waals surface area contributed by atoms with Gasteiger partial charge < -0.3 is 9.47 Å². The number of anilines is 1. The van der Waals surface area contributed by atoms with Gasteiger partial charge in [0.1, 0.15) is 10.7 Å². The van der Waals surface area contributed by atoms with Crippen LogP contribution in [0, 0.1) is 11.7 Å². The number of rotatable bonds is 5. The first-order valence-corrected chi connectivity index (χ1v) is 12.7. The van der Waals surface area contributed by atoms with Crippen LogP contribution < -0.4 is 10.3 Å². The Hall–Kier alpha value is -2.38. The minimum Gasteiger partial charge on any atom is -0.369 e. The van der Waals surface area contributed by atoms with Crippen LogP contribution in [0.1, 0.15) is 33.1 Å². The molecule has 3 aromatic rings. The number of piperidine rings is 1. The van der Waals surface area contributed by atoms with E-state index in [9.17, 15) is 13.2 Å². The fourth-order valence-electron chi connectivity index (χ4n) is 4.40. The van der Waals surface area contributed by atoms with E-state index in [1.165, 1.54) is 30.5 Å². The average molecular weight is 477 g/mol. The van der Waals surface area contributed by atoms with Gasteiger partial charge in [-0.1, -0.05) is 31.5 Å². The van der Waals surface area contributed by atoms with Gasteiger partial charge >= 0.3 is 0 Å². The van der Waals surface area contributed by atoms with Gasteiger partial charge in [0.2, 0.25) is 15.3 Å². The molecule has 1 saturated heterocycles. The van der Waals surface area contributed by atoms with Crippen molar-refractivity contribution in [2.75, 3.05) is 18.0 Å². The van der Waals surface area contributed by atoms with Crippen molar-refractivity contribution in [2.24, 2.45) is 5.92 Å². The van der Waals surface area contributed by atoms with E-state index in [0.717, 1.165) is 32.4 Å². The van der Waals surface area contributed by atoms with Crippen LogP contribution >= 0.6 is 11.6 Å². The van der Waals surface area contributed by atoms with E-state index < -0.39 is 21.1 Å². The van der Waals surface area contributed by atoms with E-state index in [-0.39, 0.29) is 20.2 Å². The molecule has 170 valence electrons. The third kappa shape index (κ3) is 4.16. The number of benzene rings is 2. The van der Waals surface area contributed by atoms with E-state index in [4.69, 9.17) is 11.6 Å². The van der Waals surface area contributed by atoms with Gasteiger partial charge in [0.15, 0.2) is 0 Å². The minimum atomic E-state index is -4.13. The first-order chi connectivity index (χ1) is 15.2. The molecule has 1 fully saturated rings. The van der Waals surface area contributed by atoms with Gasteiger partial charge in [-0.05, 0) is 55.5 Å². The lowest BCUT2D eigenvalue weighted by atomic mass is 9.99. The lowest BCUT2D eigenvalue weighted by Gasteiger charge is -2.33. The summed E-state index contributed by atoms with van der Waals surface area (Å²) >= 11 is 5.97. The van der Waals surface area contributed by atoms with Crippen molar-refractivity contribution in [3.8, 4) is 0 Å². The Morgan fingerprint density at radius 2 is 2.00 bits per heavy atom. The summed E-state index contributed by atoms with van der Waals surface area (Å²) in [5.74, 6) is -0.0500. The number of pyridine rings is 1. The van der Waals surface area contributed by atoms with Crippen LogP contribution in [0.3, 0.4) is 0 Å².